The number of esters is 2. The second-order valence-corrected chi connectivity index (χ2v) is 10.2. The molecule has 4 rings (SSSR count). The minimum absolute atomic E-state index is 0.00211. The Kier molecular flexibility index (Phi) is 6.40. The highest BCUT2D eigenvalue weighted by Crippen LogP contribution is 2.63. The summed E-state index contributed by atoms with van der Waals surface area (Å²) in [6.45, 7) is 7.56. The van der Waals surface area contributed by atoms with Crippen LogP contribution in [0.1, 0.15) is 52.5 Å². The van der Waals surface area contributed by atoms with Gasteiger partial charge in [-0.25, -0.2) is 14.0 Å². The molecule has 2 saturated heterocycles. The largest absolute Gasteiger partial charge is 0.457 e. The maximum absolute atomic E-state index is 13.1. The Hall–Kier alpha value is -2.25. The first kappa shape index (κ1) is 23.9. The van der Waals surface area contributed by atoms with Gasteiger partial charge in [-0.1, -0.05) is 32.9 Å². The number of carbonyl (C=O) groups is 2. The molecule has 180 valence electrons. The van der Waals surface area contributed by atoms with E-state index in [0.29, 0.717) is 17.9 Å². The van der Waals surface area contributed by atoms with Crippen molar-refractivity contribution in [2.45, 2.75) is 70.4 Å². The number of hydrogen-bond acceptors (Lipinski definition) is 6. The third kappa shape index (κ3) is 4.10. The molecule has 33 heavy (non-hydrogen) atoms. The number of rotatable bonds is 6. The fraction of sp³-hybridized carbons (Fsp3) is 0.615. The first-order valence-corrected chi connectivity index (χ1v) is 11.8. The van der Waals surface area contributed by atoms with Crippen molar-refractivity contribution in [1.82, 2.24) is 0 Å². The standard InChI is InChI=1S/C26H33FO6/c1-15(2)26-13-20(31-22(30)14-28)25(4,33-26)19-11-5-16(3)23(19)24(26)32-21(29)12-8-17-6-9-18(27)10-7-17/h6-10,12,15-16,19-20,23-24,28H,5,11,13-14H2,1-4H3/b12-8+/t16-,19-,20-,23-,24+,25+,26?/m1/s1. The van der Waals surface area contributed by atoms with Gasteiger partial charge in [-0.15, -0.1) is 0 Å². The molecule has 0 amide bonds. The molecule has 0 spiro atoms. The molecule has 1 N–H and O–H groups in total. The molecule has 1 saturated carbocycles. The summed E-state index contributed by atoms with van der Waals surface area (Å²) in [5.41, 5.74) is -0.797. The minimum atomic E-state index is -0.797. The summed E-state index contributed by atoms with van der Waals surface area (Å²) in [6, 6.07) is 5.86. The average Bonchev–Trinajstić information content (AvgIpc) is 3.29. The fourth-order valence-electron chi connectivity index (χ4n) is 6.34. The van der Waals surface area contributed by atoms with Crippen LogP contribution in [0.25, 0.3) is 6.08 Å². The number of ether oxygens (including phenoxy) is 3. The molecule has 7 atom stereocenters. The second kappa shape index (κ2) is 8.84. The SMILES string of the molecule is CC(C)C12C[C@@H](OC(=O)CO)[C@@](C)(O1)[C@@H]1CC[C@@H](C)[C@H]1[C@@H]2OC(=O)/C=C/c1ccc(F)cc1. The highest BCUT2D eigenvalue weighted by molar-refractivity contribution is 5.87. The first-order valence-electron chi connectivity index (χ1n) is 11.8. The average molecular weight is 461 g/mol. The molecule has 6 nitrogen and oxygen atoms in total. The van der Waals surface area contributed by atoms with Gasteiger partial charge in [0.05, 0.1) is 0 Å². The van der Waals surface area contributed by atoms with Crippen LogP contribution >= 0.6 is 0 Å². The lowest BCUT2D eigenvalue weighted by molar-refractivity contribution is -0.264. The summed E-state index contributed by atoms with van der Waals surface area (Å²) in [7, 11) is 0. The second-order valence-electron chi connectivity index (χ2n) is 10.2. The number of aliphatic hydroxyl groups excluding tert-OH is 1. The van der Waals surface area contributed by atoms with Gasteiger partial charge in [-0.3, -0.25) is 0 Å². The molecule has 3 aliphatic rings. The molecular weight excluding hydrogens is 427 g/mol. The van der Waals surface area contributed by atoms with Gasteiger partial charge in [0.2, 0.25) is 0 Å². The van der Waals surface area contributed by atoms with Crippen molar-refractivity contribution >= 4 is 18.0 Å². The number of carbonyl (C=O) groups excluding carboxylic acids is 2. The van der Waals surface area contributed by atoms with E-state index in [1.54, 1.807) is 18.2 Å². The predicted molar refractivity (Wildman–Crippen MR) is 119 cm³/mol. The van der Waals surface area contributed by atoms with E-state index >= 15 is 0 Å². The molecule has 1 unspecified atom stereocenters. The molecular formula is C26H33FO6. The van der Waals surface area contributed by atoms with E-state index in [1.165, 1.54) is 18.2 Å². The minimum Gasteiger partial charge on any atom is -0.457 e. The summed E-state index contributed by atoms with van der Waals surface area (Å²) in [5.74, 6) is -1.02. The molecule has 0 radical (unpaired) electrons. The maximum atomic E-state index is 13.1. The lowest BCUT2D eigenvalue weighted by Gasteiger charge is -2.52. The lowest BCUT2D eigenvalue weighted by Crippen LogP contribution is -2.62. The zero-order chi connectivity index (χ0) is 24.0. The van der Waals surface area contributed by atoms with Crippen LogP contribution in [0.4, 0.5) is 4.39 Å². The number of benzene rings is 1. The van der Waals surface area contributed by atoms with Crippen LogP contribution in [-0.2, 0) is 23.8 Å². The Morgan fingerprint density at radius 1 is 1.24 bits per heavy atom. The third-order valence-electron chi connectivity index (χ3n) is 8.08. The van der Waals surface area contributed by atoms with Gasteiger partial charge in [0.25, 0.3) is 0 Å². The van der Waals surface area contributed by atoms with Gasteiger partial charge < -0.3 is 19.3 Å². The van der Waals surface area contributed by atoms with E-state index in [0.717, 1.165) is 12.8 Å². The van der Waals surface area contributed by atoms with E-state index in [2.05, 4.69) is 6.92 Å². The first-order chi connectivity index (χ1) is 15.6. The van der Waals surface area contributed by atoms with E-state index in [1.807, 2.05) is 20.8 Å². The van der Waals surface area contributed by atoms with E-state index < -0.39 is 42.0 Å². The van der Waals surface area contributed by atoms with Gasteiger partial charge in [0.1, 0.15) is 35.8 Å². The van der Waals surface area contributed by atoms with Crippen LogP contribution in [0.5, 0.6) is 0 Å². The molecule has 1 aromatic rings. The quantitative estimate of drug-likeness (QED) is 0.512. The van der Waals surface area contributed by atoms with Gasteiger partial charge in [0.15, 0.2) is 0 Å². The summed E-state index contributed by atoms with van der Waals surface area (Å²) in [5, 5.41) is 9.25. The number of aliphatic hydroxyl groups is 1. The van der Waals surface area contributed by atoms with Gasteiger partial charge in [0, 0.05) is 18.4 Å². The van der Waals surface area contributed by atoms with Gasteiger partial charge >= 0.3 is 11.9 Å². The Bertz CT molecular complexity index is 927. The molecule has 2 heterocycles. The number of halogens is 1. The Labute approximate surface area is 194 Å². The molecule has 1 aromatic carbocycles. The fourth-order valence-corrected chi connectivity index (χ4v) is 6.34. The molecule has 1 aliphatic carbocycles. The van der Waals surface area contributed by atoms with Crippen molar-refractivity contribution in [3.63, 3.8) is 0 Å². The van der Waals surface area contributed by atoms with Crippen LogP contribution in [0.15, 0.2) is 30.3 Å². The van der Waals surface area contributed by atoms with Gasteiger partial charge in [-0.2, -0.15) is 0 Å². The summed E-state index contributed by atoms with van der Waals surface area (Å²) >= 11 is 0. The van der Waals surface area contributed by atoms with Crippen LogP contribution < -0.4 is 0 Å². The van der Waals surface area contributed by atoms with Crippen molar-refractivity contribution in [3.05, 3.63) is 41.7 Å². The highest BCUT2D eigenvalue weighted by Gasteiger charge is 2.72. The van der Waals surface area contributed by atoms with Crippen molar-refractivity contribution < 1.29 is 33.3 Å². The molecule has 2 bridgehead atoms. The predicted octanol–water partition coefficient (Wildman–Crippen LogP) is 3.90. The zero-order valence-electron chi connectivity index (χ0n) is 19.6. The van der Waals surface area contributed by atoms with E-state index in [-0.39, 0.29) is 23.6 Å². The molecule has 0 aromatic heterocycles. The van der Waals surface area contributed by atoms with Crippen LogP contribution in [0.3, 0.4) is 0 Å². The van der Waals surface area contributed by atoms with Crippen LogP contribution in [0.2, 0.25) is 0 Å². The van der Waals surface area contributed by atoms with Crippen molar-refractivity contribution in [3.8, 4) is 0 Å². The van der Waals surface area contributed by atoms with Crippen LogP contribution in [0, 0.1) is 29.5 Å². The van der Waals surface area contributed by atoms with Crippen molar-refractivity contribution in [1.29, 1.82) is 0 Å². The highest BCUT2D eigenvalue weighted by atomic mass is 19.1. The van der Waals surface area contributed by atoms with Crippen molar-refractivity contribution in [2.24, 2.45) is 23.7 Å². The molecule has 3 fully saturated rings. The monoisotopic (exact) mass is 460 g/mol. The summed E-state index contributed by atoms with van der Waals surface area (Å²) < 4.78 is 31.7. The number of hydrogen-bond donors (Lipinski definition) is 1. The number of fused-ring (bicyclic) bond motifs is 4. The summed E-state index contributed by atoms with van der Waals surface area (Å²) in [4.78, 5) is 24.9. The molecule has 2 aliphatic heterocycles. The Balaban J connectivity index is 1.64. The molecule has 7 heteroatoms. The third-order valence-corrected chi connectivity index (χ3v) is 8.08. The summed E-state index contributed by atoms with van der Waals surface area (Å²) in [6.07, 6.45) is 4.24. The normalized spacial score (nSPS) is 37.4. The van der Waals surface area contributed by atoms with Crippen LogP contribution in [-0.4, -0.2) is 47.1 Å². The maximum Gasteiger partial charge on any atom is 0.332 e. The van der Waals surface area contributed by atoms with Gasteiger partial charge in [-0.05, 0) is 61.3 Å². The lowest BCUT2D eigenvalue weighted by atomic mass is 9.69. The van der Waals surface area contributed by atoms with Crippen molar-refractivity contribution in [2.75, 3.05) is 6.61 Å². The topological polar surface area (TPSA) is 82.1 Å². The zero-order valence-corrected chi connectivity index (χ0v) is 19.6. The Morgan fingerprint density at radius 2 is 1.94 bits per heavy atom. The Morgan fingerprint density at radius 3 is 2.58 bits per heavy atom. The smallest absolute Gasteiger partial charge is 0.332 e. The van der Waals surface area contributed by atoms with E-state index in [4.69, 9.17) is 14.2 Å². The van der Waals surface area contributed by atoms with E-state index in [9.17, 15) is 19.1 Å².